The number of rotatable bonds is 3. The van der Waals surface area contributed by atoms with E-state index in [1.54, 1.807) is 24.4 Å². The molecule has 0 radical (unpaired) electrons. The Morgan fingerprint density at radius 2 is 1.91 bits per heavy atom. The molecular formula is C26H19ClF3NO2. The molecule has 0 saturated carbocycles. The highest BCUT2D eigenvalue weighted by Crippen LogP contribution is 2.45. The lowest BCUT2D eigenvalue weighted by Gasteiger charge is -2.31. The summed E-state index contributed by atoms with van der Waals surface area (Å²) in [5, 5.41) is 0.638. The van der Waals surface area contributed by atoms with E-state index < -0.39 is 11.7 Å². The smallest absolute Gasteiger partial charge is 0.416 e. The van der Waals surface area contributed by atoms with Gasteiger partial charge in [-0.15, -0.1) is 0 Å². The van der Waals surface area contributed by atoms with E-state index in [-0.39, 0.29) is 23.7 Å². The molecule has 1 aliphatic carbocycles. The summed E-state index contributed by atoms with van der Waals surface area (Å²) >= 11 is 6.24. The Morgan fingerprint density at radius 3 is 2.67 bits per heavy atom. The molecule has 0 bridgehead atoms. The molecule has 3 atom stereocenters. The number of pyridine rings is 1. The number of aromatic nitrogens is 1. The van der Waals surface area contributed by atoms with Crippen LogP contribution in [0.2, 0.25) is 5.02 Å². The second-order valence-electron chi connectivity index (χ2n) is 8.38. The number of carbonyl (C=O) groups excluding carboxylic acids is 1. The van der Waals surface area contributed by atoms with Gasteiger partial charge < -0.3 is 4.74 Å². The van der Waals surface area contributed by atoms with Crippen molar-refractivity contribution in [2.45, 2.75) is 18.5 Å². The predicted molar refractivity (Wildman–Crippen MR) is 120 cm³/mol. The van der Waals surface area contributed by atoms with Gasteiger partial charge in [0.15, 0.2) is 0 Å². The van der Waals surface area contributed by atoms with Crippen molar-refractivity contribution in [2.24, 2.45) is 11.8 Å². The Morgan fingerprint density at radius 1 is 1.06 bits per heavy atom. The zero-order valence-electron chi connectivity index (χ0n) is 17.4. The maximum absolute atomic E-state index is 13.0. The molecule has 1 fully saturated rings. The van der Waals surface area contributed by atoms with Crippen molar-refractivity contribution >= 4 is 23.6 Å². The number of carbonyl (C=O) groups is 1. The van der Waals surface area contributed by atoms with Gasteiger partial charge in [0.1, 0.15) is 0 Å². The van der Waals surface area contributed by atoms with Crippen molar-refractivity contribution in [1.29, 1.82) is 0 Å². The number of benzene rings is 2. The Kier molecular flexibility index (Phi) is 5.49. The third kappa shape index (κ3) is 4.27. The van der Waals surface area contributed by atoms with Gasteiger partial charge in [-0.3, -0.25) is 9.78 Å². The maximum Gasteiger partial charge on any atom is 0.416 e. The average Bonchev–Trinajstić information content (AvgIpc) is 3.17. The molecule has 168 valence electrons. The van der Waals surface area contributed by atoms with E-state index >= 15 is 0 Å². The number of halogens is 4. The molecule has 0 spiro atoms. The largest absolute Gasteiger partial charge is 0.465 e. The summed E-state index contributed by atoms with van der Waals surface area (Å²) in [4.78, 5) is 16.6. The van der Waals surface area contributed by atoms with E-state index in [9.17, 15) is 18.0 Å². The van der Waals surface area contributed by atoms with Crippen LogP contribution < -0.4 is 0 Å². The minimum absolute atomic E-state index is 0.0316. The first-order valence-corrected chi connectivity index (χ1v) is 10.9. The topological polar surface area (TPSA) is 39.2 Å². The Balaban J connectivity index is 1.42. The lowest BCUT2D eigenvalue weighted by molar-refractivity contribution is -0.141. The molecule has 33 heavy (non-hydrogen) atoms. The Labute approximate surface area is 193 Å². The first-order chi connectivity index (χ1) is 15.8. The third-order valence-corrected chi connectivity index (χ3v) is 6.62. The fourth-order valence-electron chi connectivity index (χ4n) is 4.69. The molecule has 2 heterocycles. The molecule has 1 aliphatic heterocycles. The number of fused-ring (bicyclic) bond motifs is 2. The maximum atomic E-state index is 13.0. The fraction of sp³-hybridized carbons (Fsp3) is 0.231. The summed E-state index contributed by atoms with van der Waals surface area (Å²) in [6.07, 6.45) is 1.70. The number of hydrogen-bond donors (Lipinski definition) is 0. The number of esters is 1. The number of nitrogens with zero attached hydrogens (tertiary/aromatic N) is 1. The first-order valence-electron chi connectivity index (χ1n) is 10.6. The van der Waals surface area contributed by atoms with Crippen molar-refractivity contribution in [2.75, 3.05) is 6.61 Å². The SMILES string of the molecule is O=C1OC[C@H]2[C@@H]1Cc1ccc(Cl)cc1[C@@H]2/C=C/c1ccc(-c2cccc(C(F)(F)F)c2)cn1. The van der Waals surface area contributed by atoms with Gasteiger partial charge in [0, 0.05) is 28.6 Å². The zero-order valence-corrected chi connectivity index (χ0v) is 18.1. The second kappa shape index (κ2) is 8.34. The summed E-state index contributed by atoms with van der Waals surface area (Å²) in [6, 6.07) is 14.4. The van der Waals surface area contributed by atoms with Crippen molar-refractivity contribution in [3.63, 3.8) is 0 Å². The zero-order chi connectivity index (χ0) is 23.2. The van der Waals surface area contributed by atoms with E-state index in [1.165, 1.54) is 6.07 Å². The van der Waals surface area contributed by atoms with E-state index in [0.717, 1.165) is 23.3 Å². The van der Waals surface area contributed by atoms with Crippen molar-refractivity contribution in [1.82, 2.24) is 4.98 Å². The minimum atomic E-state index is -4.39. The van der Waals surface area contributed by atoms with Gasteiger partial charge in [0.05, 0.1) is 23.8 Å². The van der Waals surface area contributed by atoms with Gasteiger partial charge in [-0.2, -0.15) is 13.2 Å². The van der Waals surface area contributed by atoms with Crippen LogP contribution in [0.3, 0.4) is 0 Å². The van der Waals surface area contributed by atoms with Crippen LogP contribution >= 0.6 is 11.6 Å². The lowest BCUT2D eigenvalue weighted by Crippen LogP contribution is -2.29. The molecule has 0 amide bonds. The van der Waals surface area contributed by atoms with Crippen LogP contribution in [0.25, 0.3) is 17.2 Å². The molecule has 0 N–H and O–H groups in total. The highest BCUT2D eigenvalue weighted by atomic mass is 35.5. The number of cyclic esters (lactones) is 1. The molecule has 3 nitrogen and oxygen atoms in total. The predicted octanol–water partition coefficient (Wildman–Crippen LogP) is 6.56. The molecule has 1 saturated heterocycles. The van der Waals surface area contributed by atoms with E-state index in [1.807, 2.05) is 30.4 Å². The summed E-state index contributed by atoms with van der Waals surface area (Å²) in [6.45, 7) is 0.367. The van der Waals surface area contributed by atoms with Gasteiger partial charge in [-0.25, -0.2) is 0 Å². The minimum Gasteiger partial charge on any atom is -0.465 e. The standard InChI is InChI=1S/C26H19ClF3NO2/c27-19-6-4-16-11-23-24(14-33-25(23)32)21(22(16)12-19)9-8-20-7-5-17(13-31-20)15-2-1-3-18(10-15)26(28,29)30/h1-10,12-13,21,23-24H,11,14H2/b9-8+/t21-,23-,24+/m0/s1. The number of ether oxygens (including phenoxy) is 1. The lowest BCUT2D eigenvalue weighted by atomic mass is 9.70. The van der Waals surface area contributed by atoms with E-state index in [2.05, 4.69) is 4.98 Å². The molecule has 7 heteroatoms. The molecule has 2 aromatic carbocycles. The van der Waals surface area contributed by atoms with Crippen LogP contribution in [0, 0.1) is 11.8 Å². The quantitative estimate of drug-likeness (QED) is 0.408. The molecule has 5 rings (SSSR count). The Hall–Kier alpha value is -3.12. The van der Waals surface area contributed by atoms with Gasteiger partial charge >= 0.3 is 12.1 Å². The van der Waals surface area contributed by atoms with Gasteiger partial charge in [0.25, 0.3) is 0 Å². The molecule has 0 unspecified atom stereocenters. The van der Waals surface area contributed by atoms with Crippen molar-refractivity contribution < 1.29 is 22.7 Å². The fourth-order valence-corrected chi connectivity index (χ4v) is 4.87. The first kappa shape index (κ1) is 21.7. The number of alkyl halides is 3. The second-order valence-corrected chi connectivity index (χ2v) is 8.82. The number of allylic oxidation sites excluding steroid dienone is 1. The van der Waals surface area contributed by atoms with E-state index in [0.29, 0.717) is 34.9 Å². The summed E-state index contributed by atoms with van der Waals surface area (Å²) in [5.41, 5.74) is 3.19. The van der Waals surface area contributed by atoms with Crippen LogP contribution in [0.1, 0.15) is 28.3 Å². The highest BCUT2D eigenvalue weighted by Gasteiger charge is 2.45. The van der Waals surface area contributed by atoms with Gasteiger partial charge in [0.2, 0.25) is 0 Å². The van der Waals surface area contributed by atoms with Crippen LogP contribution in [0.4, 0.5) is 13.2 Å². The summed E-state index contributed by atoms with van der Waals surface area (Å²) in [5.74, 6) is -0.356. The number of hydrogen-bond acceptors (Lipinski definition) is 3. The molecular weight excluding hydrogens is 451 g/mol. The van der Waals surface area contributed by atoms with Crippen LogP contribution in [0.15, 0.2) is 66.9 Å². The normalized spacial score (nSPS) is 22.2. The van der Waals surface area contributed by atoms with Crippen molar-refractivity contribution in [3.05, 3.63) is 94.3 Å². The summed E-state index contributed by atoms with van der Waals surface area (Å²) < 4.78 is 44.4. The molecule has 2 aliphatic rings. The Bertz CT molecular complexity index is 1240. The van der Waals surface area contributed by atoms with Crippen LogP contribution in [-0.4, -0.2) is 17.6 Å². The van der Waals surface area contributed by atoms with E-state index in [4.69, 9.17) is 16.3 Å². The molecule has 3 aromatic rings. The van der Waals surface area contributed by atoms with Crippen molar-refractivity contribution in [3.8, 4) is 11.1 Å². The monoisotopic (exact) mass is 469 g/mol. The van der Waals surface area contributed by atoms with Crippen LogP contribution in [-0.2, 0) is 22.1 Å². The summed E-state index contributed by atoms with van der Waals surface area (Å²) in [7, 11) is 0. The van der Waals surface area contributed by atoms with Crippen LogP contribution in [0.5, 0.6) is 0 Å². The van der Waals surface area contributed by atoms with Gasteiger partial charge in [-0.1, -0.05) is 41.9 Å². The van der Waals surface area contributed by atoms with Gasteiger partial charge in [-0.05, 0) is 59.5 Å². The average molecular weight is 470 g/mol. The third-order valence-electron chi connectivity index (χ3n) is 6.39. The molecule has 1 aromatic heterocycles. The highest BCUT2D eigenvalue weighted by molar-refractivity contribution is 6.30.